The zero-order valence-corrected chi connectivity index (χ0v) is 16.7. The lowest BCUT2D eigenvalue weighted by Crippen LogP contribution is -2.24. The zero-order chi connectivity index (χ0) is 20.7. The van der Waals surface area contributed by atoms with Crippen molar-refractivity contribution in [2.24, 2.45) is 0 Å². The number of nitrogens with one attached hydrogen (secondary N) is 1. The molecule has 6 nitrogen and oxygen atoms in total. The summed E-state index contributed by atoms with van der Waals surface area (Å²) in [5.74, 6) is 1.27. The van der Waals surface area contributed by atoms with Crippen LogP contribution in [0, 0.1) is 12.4 Å². The normalized spacial score (nSPS) is 20.8. The van der Waals surface area contributed by atoms with Crippen molar-refractivity contribution in [1.82, 2.24) is 9.97 Å². The quantitative estimate of drug-likeness (QED) is 0.520. The van der Waals surface area contributed by atoms with Gasteiger partial charge in [-0.2, -0.15) is 0 Å². The Hall–Kier alpha value is -3.40. The Kier molecular flexibility index (Phi) is 4.62. The number of fused-ring (bicyclic) bond motifs is 5. The van der Waals surface area contributed by atoms with Gasteiger partial charge in [0.15, 0.2) is 0 Å². The number of aromatic nitrogens is 2. The van der Waals surface area contributed by atoms with E-state index in [0.717, 1.165) is 48.5 Å². The van der Waals surface area contributed by atoms with Gasteiger partial charge in [-0.15, -0.1) is 0 Å². The third-order valence-corrected chi connectivity index (χ3v) is 5.88. The SMILES string of the molecule is [C-]#[N+]c1cnc2ccc3nc2c1N[C@H](C)CCOc1ccc(F)cc1[C@H]1CCCN31. The number of hydrogen-bond donors (Lipinski definition) is 1. The Balaban J connectivity index is 1.71. The van der Waals surface area contributed by atoms with Crippen molar-refractivity contribution in [3.05, 3.63) is 59.3 Å². The number of rotatable bonds is 0. The van der Waals surface area contributed by atoms with Crippen LogP contribution in [0.4, 0.5) is 21.6 Å². The van der Waals surface area contributed by atoms with Crippen molar-refractivity contribution in [1.29, 1.82) is 0 Å². The van der Waals surface area contributed by atoms with E-state index in [2.05, 4.69) is 27.0 Å². The second-order valence-electron chi connectivity index (χ2n) is 7.88. The highest BCUT2D eigenvalue weighted by atomic mass is 19.1. The molecule has 30 heavy (non-hydrogen) atoms. The largest absolute Gasteiger partial charge is 0.493 e. The molecule has 152 valence electrons. The lowest BCUT2D eigenvalue weighted by atomic mass is 10.0. The summed E-state index contributed by atoms with van der Waals surface area (Å²) in [7, 11) is 0. The molecule has 1 N–H and O–H groups in total. The van der Waals surface area contributed by atoms with E-state index in [1.807, 2.05) is 12.1 Å². The predicted molar refractivity (Wildman–Crippen MR) is 115 cm³/mol. The van der Waals surface area contributed by atoms with Crippen LogP contribution >= 0.6 is 0 Å². The third kappa shape index (κ3) is 3.18. The highest BCUT2D eigenvalue weighted by Crippen LogP contribution is 2.41. The molecule has 0 saturated carbocycles. The summed E-state index contributed by atoms with van der Waals surface area (Å²) in [6.07, 6.45) is 4.22. The van der Waals surface area contributed by atoms with Gasteiger partial charge in [0.1, 0.15) is 22.9 Å². The summed E-state index contributed by atoms with van der Waals surface area (Å²) in [6.45, 7) is 10.9. The Labute approximate surface area is 174 Å². The van der Waals surface area contributed by atoms with Gasteiger partial charge in [0.2, 0.25) is 5.69 Å². The molecule has 2 atom stereocenters. The molecule has 7 heteroatoms. The summed E-state index contributed by atoms with van der Waals surface area (Å²) < 4.78 is 20.2. The van der Waals surface area contributed by atoms with E-state index in [4.69, 9.17) is 16.3 Å². The molecule has 0 aliphatic carbocycles. The number of ether oxygens (including phenoxy) is 1. The average Bonchev–Trinajstić information content (AvgIpc) is 3.24. The minimum atomic E-state index is -0.261. The number of benzene rings is 1. The van der Waals surface area contributed by atoms with Crippen molar-refractivity contribution in [2.75, 3.05) is 23.4 Å². The first-order chi connectivity index (χ1) is 14.6. The molecule has 0 amide bonds. The second-order valence-corrected chi connectivity index (χ2v) is 7.88. The fraction of sp³-hybridized carbons (Fsp3) is 0.348. The van der Waals surface area contributed by atoms with E-state index in [9.17, 15) is 4.39 Å². The van der Waals surface area contributed by atoms with Gasteiger partial charge in [0.25, 0.3) is 0 Å². The van der Waals surface area contributed by atoms with Crippen LogP contribution in [0.5, 0.6) is 5.75 Å². The number of pyridine rings is 2. The summed E-state index contributed by atoms with van der Waals surface area (Å²) in [4.78, 5) is 15.2. The van der Waals surface area contributed by atoms with Crippen molar-refractivity contribution in [2.45, 2.75) is 38.3 Å². The molecule has 1 saturated heterocycles. The van der Waals surface area contributed by atoms with Crippen molar-refractivity contribution in [3.8, 4) is 5.75 Å². The van der Waals surface area contributed by atoms with Crippen LogP contribution in [0.1, 0.15) is 37.8 Å². The van der Waals surface area contributed by atoms with Crippen molar-refractivity contribution >= 4 is 28.2 Å². The summed E-state index contributed by atoms with van der Waals surface area (Å²) in [5, 5.41) is 3.45. The molecular weight excluding hydrogens is 381 g/mol. The lowest BCUT2D eigenvalue weighted by molar-refractivity contribution is 0.299. The molecule has 2 aliphatic heterocycles. The van der Waals surface area contributed by atoms with Crippen LogP contribution in [0.2, 0.25) is 0 Å². The predicted octanol–water partition coefficient (Wildman–Crippen LogP) is 5.24. The molecular formula is C23H22FN5O. The smallest absolute Gasteiger partial charge is 0.229 e. The van der Waals surface area contributed by atoms with E-state index in [1.54, 1.807) is 18.3 Å². The molecule has 4 heterocycles. The van der Waals surface area contributed by atoms with Crippen LogP contribution in [-0.2, 0) is 0 Å². The first-order valence-corrected chi connectivity index (χ1v) is 10.3. The van der Waals surface area contributed by atoms with Crippen LogP contribution in [-0.4, -0.2) is 29.2 Å². The maximum absolute atomic E-state index is 14.1. The second kappa shape index (κ2) is 7.45. The van der Waals surface area contributed by atoms with Crippen LogP contribution < -0.4 is 15.0 Å². The van der Waals surface area contributed by atoms with Gasteiger partial charge in [-0.3, -0.25) is 4.98 Å². The molecule has 3 aromatic rings. The summed E-state index contributed by atoms with van der Waals surface area (Å²) in [5.41, 5.74) is 3.47. The molecule has 1 fully saturated rings. The van der Waals surface area contributed by atoms with Gasteiger partial charge in [-0.25, -0.2) is 14.2 Å². The standard InChI is InChI=1S/C23H22FN5O/c1-14-9-11-30-20-7-5-15(24)12-16(20)19-4-3-10-29(19)21-8-6-17-22(28-21)23(27-14)18(25-2)13-26-17/h5-8,12-14,19,27H,3-4,9-11H2,1H3/t14-,19-/m1/s1. The lowest BCUT2D eigenvalue weighted by Gasteiger charge is -2.28. The maximum Gasteiger partial charge on any atom is 0.229 e. The molecule has 0 spiro atoms. The summed E-state index contributed by atoms with van der Waals surface area (Å²) >= 11 is 0. The minimum Gasteiger partial charge on any atom is -0.493 e. The van der Waals surface area contributed by atoms with Crippen molar-refractivity contribution in [3.63, 3.8) is 0 Å². The highest BCUT2D eigenvalue weighted by molar-refractivity contribution is 5.95. The van der Waals surface area contributed by atoms with E-state index in [1.165, 1.54) is 6.07 Å². The molecule has 2 aromatic heterocycles. The Morgan fingerprint density at radius 3 is 3.03 bits per heavy atom. The average molecular weight is 403 g/mol. The highest BCUT2D eigenvalue weighted by Gasteiger charge is 2.30. The van der Waals surface area contributed by atoms with Gasteiger partial charge in [0.05, 0.1) is 30.4 Å². The maximum atomic E-state index is 14.1. The van der Waals surface area contributed by atoms with Crippen LogP contribution in [0.15, 0.2) is 36.5 Å². The number of nitrogens with zero attached hydrogens (tertiary/aromatic N) is 4. The molecule has 1 aromatic carbocycles. The fourth-order valence-electron chi connectivity index (χ4n) is 4.37. The topological polar surface area (TPSA) is 54.6 Å². The molecule has 0 unspecified atom stereocenters. The number of anilines is 2. The van der Waals surface area contributed by atoms with E-state index in [0.29, 0.717) is 23.5 Å². The first-order valence-electron chi connectivity index (χ1n) is 10.3. The number of hydrogen-bond acceptors (Lipinski definition) is 5. The van der Waals surface area contributed by atoms with Gasteiger partial charge in [0, 0.05) is 30.8 Å². The Bertz CT molecular complexity index is 1160. The van der Waals surface area contributed by atoms with Gasteiger partial charge in [-0.1, -0.05) is 0 Å². The van der Waals surface area contributed by atoms with Crippen molar-refractivity contribution < 1.29 is 9.13 Å². The van der Waals surface area contributed by atoms with E-state index >= 15 is 0 Å². The van der Waals surface area contributed by atoms with Gasteiger partial charge < -0.3 is 15.0 Å². The number of halogens is 1. The zero-order valence-electron chi connectivity index (χ0n) is 16.7. The van der Waals surface area contributed by atoms with E-state index in [-0.39, 0.29) is 17.9 Å². The Morgan fingerprint density at radius 2 is 2.17 bits per heavy atom. The molecule has 0 radical (unpaired) electrons. The van der Waals surface area contributed by atoms with Crippen LogP contribution in [0.25, 0.3) is 15.9 Å². The minimum absolute atomic E-state index is 0.00719. The van der Waals surface area contributed by atoms with Crippen LogP contribution in [0.3, 0.4) is 0 Å². The van der Waals surface area contributed by atoms with Gasteiger partial charge >= 0.3 is 0 Å². The summed E-state index contributed by atoms with van der Waals surface area (Å²) in [6, 6.07) is 8.72. The molecule has 2 bridgehead atoms. The molecule has 2 aliphatic rings. The fourth-order valence-corrected chi connectivity index (χ4v) is 4.37. The molecule has 5 rings (SSSR count). The first kappa shape index (κ1) is 18.6. The third-order valence-electron chi connectivity index (χ3n) is 5.88. The Morgan fingerprint density at radius 1 is 1.27 bits per heavy atom. The monoisotopic (exact) mass is 403 g/mol. The van der Waals surface area contributed by atoms with Gasteiger partial charge in [-0.05, 0) is 50.1 Å². The van der Waals surface area contributed by atoms with E-state index < -0.39 is 0 Å².